The summed E-state index contributed by atoms with van der Waals surface area (Å²) < 4.78 is 12.2. The Bertz CT molecular complexity index is 1210. The Morgan fingerprint density at radius 1 is 1.26 bits per heavy atom. The van der Waals surface area contributed by atoms with Gasteiger partial charge in [0.05, 0.1) is 29.9 Å². The topological polar surface area (TPSA) is 75.4 Å². The number of carbonyl (C=O) groups excluding carboxylic acids is 1. The van der Waals surface area contributed by atoms with Gasteiger partial charge in [-0.1, -0.05) is 33.6 Å². The van der Waals surface area contributed by atoms with Crippen LogP contribution < -0.4 is 9.64 Å². The van der Waals surface area contributed by atoms with Gasteiger partial charge in [-0.25, -0.2) is 4.98 Å². The number of carbonyl (C=O) groups is 1. The molecule has 0 bridgehead atoms. The third-order valence-corrected chi connectivity index (χ3v) is 7.26. The second kappa shape index (κ2) is 11.0. The molecule has 0 N–H and O–H groups in total. The van der Waals surface area contributed by atoms with Gasteiger partial charge in [0.1, 0.15) is 12.4 Å². The van der Waals surface area contributed by atoms with Crippen LogP contribution in [-0.4, -0.2) is 30.6 Å². The summed E-state index contributed by atoms with van der Waals surface area (Å²) in [6.07, 6.45) is 1.56. The molecule has 1 aromatic heterocycles. The SMILES string of the molecule is CCOC(=O)C1CCN(c2nc(-c3cc(C)ccc3OCc3ccc(Br)cc3C#N)cs2)CC1. The fraction of sp³-hybridized carbons (Fsp3) is 0.346. The summed E-state index contributed by atoms with van der Waals surface area (Å²) in [5.41, 5.74) is 4.33. The van der Waals surface area contributed by atoms with Crippen molar-refractivity contribution in [3.63, 3.8) is 0 Å². The van der Waals surface area contributed by atoms with Crippen LogP contribution in [0.15, 0.2) is 46.3 Å². The van der Waals surface area contributed by atoms with Crippen LogP contribution in [0.3, 0.4) is 0 Å². The molecule has 0 spiro atoms. The molecule has 0 radical (unpaired) electrons. The molecule has 0 aliphatic carbocycles. The van der Waals surface area contributed by atoms with E-state index in [1.165, 1.54) is 0 Å². The van der Waals surface area contributed by atoms with Crippen molar-refractivity contribution in [1.29, 1.82) is 5.26 Å². The summed E-state index contributed by atoms with van der Waals surface area (Å²) in [6.45, 7) is 6.18. The van der Waals surface area contributed by atoms with E-state index in [4.69, 9.17) is 14.5 Å². The normalized spacial score (nSPS) is 14.0. The summed E-state index contributed by atoms with van der Waals surface area (Å²) in [5.74, 6) is 0.619. The van der Waals surface area contributed by atoms with Crippen molar-refractivity contribution in [2.75, 3.05) is 24.6 Å². The first-order valence-electron chi connectivity index (χ1n) is 11.3. The summed E-state index contributed by atoms with van der Waals surface area (Å²) in [5, 5.41) is 12.4. The van der Waals surface area contributed by atoms with Crippen molar-refractivity contribution in [3.05, 3.63) is 62.9 Å². The molecule has 0 saturated carbocycles. The monoisotopic (exact) mass is 539 g/mol. The third kappa shape index (κ3) is 5.60. The van der Waals surface area contributed by atoms with Crippen molar-refractivity contribution >= 4 is 38.4 Å². The maximum Gasteiger partial charge on any atom is 0.309 e. The summed E-state index contributed by atoms with van der Waals surface area (Å²) in [7, 11) is 0. The lowest BCUT2D eigenvalue weighted by atomic mass is 9.97. The first kappa shape index (κ1) is 24.2. The molecular formula is C26H26BrN3O3S. The number of esters is 1. The number of nitrogens with zero attached hydrogens (tertiary/aromatic N) is 3. The maximum absolute atomic E-state index is 12.0. The van der Waals surface area contributed by atoms with E-state index in [1.54, 1.807) is 17.4 Å². The molecule has 6 nitrogen and oxygen atoms in total. The number of benzene rings is 2. The first-order chi connectivity index (χ1) is 16.5. The van der Waals surface area contributed by atoms with Gasteiger partial charge in [-0.3, -0.25) is 4.79 Å². The van der Waals surface area contributed by atoms with Crippen LogP contribution >= 0.6 is 27.3 Å². The molecule has 2 aromatic carbocycles. The summed E-state index contributed by atoms with van der Waals surface area (Å²) >= 11 is 5.01. The van der Waals surface area contributed by atoms with Gasteiger partial charge in [-0.15, -0.1) is 11.3 Å². The number of hydrogen-bond donors (Lipinski definition) is 0. The van der Waals surface area contributed by atoms with Crippen molar-refractivity contribution in [1.82, 2.24) is 4.98 Å². The largest absolute Gasteiger partial charge is 0.488 e. The van der Waals surface area contributed by atoms with E-state index >= 15 is 0 Å². The number of nitriles is 1. The Kier molecular flexibility index (Phi) is 7.86. The van der Waals surface area contributed by atoms with Gasteiger partial charge in [0.15, 0.2) is 5.13 Å². The van der Waals surface area contributed by atoms with Crippen molar-refractivity contribution in [2.45, 2.75) is 33.3 Å². The van der Waals surface area contributed by atoms with Crippen LogP contribution in [0.5, 0.6) is 5.75 Å². The van der Waals surface area contributed by atoms with E-state index in [1.807, 2.05) is 38.1 Å². The fourth-order valence-corrected chi connectivity index (χ4v) is 5.24. The van der Waals surface area contributed by atoms with Crippen molar-refractivity contribution in [2.24, 2.45) is 5.92 Å². The lowest BCUT2D eigenvalue weighted by Crippen LogP contribution is -2.36. The summed E-state index contributed by atoms with van der Waals surface area (Å²) in [6, 6.07) is 13.9. The number of piperidine rings is 1. The molecule has 1 aliphatic heterocycles. The Morgan fingerprint density at radius 2 is 2.06 bits per heavy atom. The van der Waals surface area contributed by atoms with Crippen LogP contribution in [0, 0.1) is 24.2 Å². The number of rotatable bonds is 7. The van der Waals surface area contributed by atoms with Crippen molar-refractivity contribution < 1.29 is 14.3 Å². The number of anilines is 1. The van der Waals surface area contributed by atoms with E-state index < -0.39 is 0 Å². The molecule has 2 heterocycles. The minimum atomic E-state index is -0.0890. The second-order valence-electron chi connectivity index (χ2n) is 8.23. The predicted molar refractivity (Wildman–Crippen MR) is 137 cm³/mol. The van der Waals surface area contributed by atoms with Gasteiger partial charge in [0.25, 0.3) is 0 Å². The van der Waals surface area contributed by atoms with E-state index in [-0.39, 0.29) is 11.9 Å². The number of aromatic nitrogens is 1. The zero-order valence-electron chi connectivity index (χ0n) is 19.2. The minimum Gasteiger partial charge on any atom is -0.488 e. The van der Waals surface area contributed by atoms with Crippen molar-refractivity contribution in [3.8, 4) is 23.1 Å². The molecule has 4 rings (SSSR count). The number of hydrogen-bond acceptors (Lipinski definition) is 7. The van der Waals surface area contributed by atoms with Gasteiger partial charge in [0.2, 0.25) is 0 Å². The number of thiazole rings is 1. The zero-order chi connectivity index (χ0) is 24.1. The average Bonchev–Trinajstić information content (AvgIpc) is 3.34. The van der Waals surface area contributed by atoms with Crippen LogP contribution in [-0.2, 0) is 16.1 Å². The van der Waals surface area contributed by atoms with Gasteiger partial charge in [0, 0.05) is 34.1 Å². The summed E-state index contributed by atoms with van der Waals surface area (Å²) in [4.78, 5) is 19.2. The third-order valence-electron chi connectivity index (χ3n) is 5.86. The standard InChI is InChI=1S/C26H26BrN3O3S/c1-3-32-25(31)18-8-10-30(11-9-18)26-29-23(16-34-26)22-12-17(2)4-7-24(22)33-15-19-5-6-21(27)13-20(19)14-28/h4-7,12-13,16,18H,3,8-11,15H2,1-2H3. The predicted octanol–water partition coefficient (Wildman–Crippen LogP) is 6.11. The maximum atomic E-state index is 12.0. The Hall–Kier alpha value is -2.89. The lowest BCUT2D eigenvalue weighted by Gasteiger charge is -2.30. The van der Waals surface area contributed by atoms with E-state index in [2.05, 4.69) is 38.3 Å². The number of halogens is 1. The molecule has 0 amide bonds. The van der Waals surface area contributed by atoms with Crippen LogP contribution in [0.25, 0.3) is 11.3 Å². The van der Waals surface area contributed by atoms with E-state index in [9.17, 15) is 10.1 Å². The van der Waals surface area contributed by atoms with Crippen LogP contribution in [0.4, 0.5) is 5.13 Å². The van der Waals surface area contributed by atoms with Gasteiger partial charge < -0.3 is 14.4 Å². The fourth-order valence-electron chi connectivity index (χ4n) is 4.00. The molecule has 3 aromatic rings. The van der Waals surface area contributed by atoms with Crippen LogP contribution in [0.2, 0.25) is 0 Å². The lowest BCUT2D eigenvalue weighted by molar-refractivity contribution is -0.148. The van der Waals surface area contributed by atoms with E-state index in [0.29, 0.717) is 18.8 Å². The quantitative estimate of drug-likeness (QED) is 0.337. The Labute approximate surface area is 212 Å². The molecule has 1 aliphatic rings. The molecule has 0 unspecified atom stereocenters. The molecule has 0 atom stereocenters. The smallest absolute Gasteiger partial charge is 0.309 e. The van der Waals surface area contributed by atoms with E-state index in [0.717, 1.165) is 63.7 Å². The number of aryl methyl sites for hydroxylation is 1. The Morgan fingerprint density at radius 3 is 2.79 bits per heavy atom. The minimum absolute atomic E-state index is 0.0238. The highest BCUT2D eigenvalue weighted by atomic mass is 79.9. The van der Waals surface area contributed by atoms with Gasteiger partial charge in [-0.2, -0.15) is 5.26 Å². The zero-order valence-corrected chi connectivity index (χ0v) is 21.6. The molecule has 1 fully saturated rings. The number of ether oxygens (including phenoxy) is 2. The highest BCUT2D eigenvalue weighted by Gasteiger charge is 2.27. The first-order valence-corrected chi connectivity index (χ1v) is 12.9. The Balaban J connectivity index is 1.49. The highest BCUT2D eigenvalue weighted by molar-refractivity contribution is 9.10. The van der Waals surface area contributed by atoms with Gasteiger partial charge >= 0.3 is 5.97 Å². The second-order valence-corrected chi connectivity index (χ2v) is 9.98. The highest BCUT2D eigenvalue weighted by Crippen LogP contribution is 2.36. The molecule has 1 saturated heterocycles. The molecule has 176 valence electrons. The average molecular weight is 540 g/mol. The van der Waals surface area contributed by atoms with Crippen LogP contribution in [0.1, 0.15) is 36.5 Å². The molecule has 8 heteroatoms. The molecule has 34 heavy (non-hydrogen) atoms. The van der Waals surface area contributed by atoms with Gasteiger partial charge in [-0.05, 0) is 51.0 Å². The molecular weight excluding hydrogens is 514 g/mol.